The first-order valence-corrected chi connectivity index (χ1v) is 10.4. The van der Waals surface area contributed by atoms with Gasteiger partial charge in [0.2, 0.25) is 0 Å². The second kappa shape index (κ2) is 8.03. The molecule has 2 aromatic rings. The number of fused-ring (bicyclic) bond motifs is 3. The van der Waals surface area contributed by atoms with Crippen LogP contribution in [0, 0.1) is 28.6 Å². The van der Waals surface area contributed by atoms with E-state index in [4.69, 9.17) is 10.2 Å². The zero-order valence-electron chi connectivity index (χ0n) is 14.2. The maximum Gasteiger partial charge on any atom is 0.263 e. The van der Waals surface area contributed by atoms with Crippen molar-refractivity contribution in [1.82, 2.24) is 9.55 Å². The van der Waals surface area contributed by atoms with Crippen molar-refractivity contribution in [3.05, 3.63) is 20.8 Å². The van der Waals surface area contributed by atoms with Crippen LogP contribution in [0.3, 0.4) is 0 Å². The van der Waals surface area contributed by atoms with Crippen molar-refractivity contribution in [3.8, 4) is 12.1 Å². The van der Waals surface area contributed by atoms with Crippen LogP contribution in [0.2, 0.25) is 0 Å². The summed E-state index contributed by atoms with van der Waals surface area (Å²) in [5, 5.41) is 19.5. The number of hydrogen-bond acceptors (Lipinski definition) is 6. The van der Waals surface area contributed by atoms with Crippen LogP contribution in [0.1, 0.15) is 43.0 Å². The van der Waals surface area contributed by atoms with Crippen molar-refractivity contribution in [3.63, 3.8) is 0 Å². The van der Waals surface area contributed by atoms with Crippen molar-refractivity contribution in [2.24, 2.45) is 5.92 Å². The lowest BCUT2D eigenvalue weighted by molar-refractivity contribution is 0.583. The normalized spacial score (nSPS) is 14.2. The van der Waals surface area contributed by atoms with Gasteiger partial charge in [0.1, 0.15) is 4.83 Å². The molecule has 2 heterocycles. The standard InChI is InChI=1S/C18H20N4OS2/c1-2-9-22-17(23)15-13-6-3-7-14(13)25-16(15)21-18(22)24-11-12(10-20)5-4-8-19/h12H,2-7,9,11H2,1H3/t12-/m0/s1. The minimum absolute atomic E-state index is 0.0688. The molecule has 130 valence electrons. The zero-order valence-corrected chi connectivity index (χ0v) is 15.9. The van der Waals surface area contributed by atoms with Crippen LogP contribution < -0.4 is 5.56 Å². The Labute approximate surface area is 155 Å². The molecule has 0 radical (unpaired) electrons. The number of hydrogen-bond donors (Lipinski definition) is 0. The van der Waals surface area contributed by atoms with E-state index < -0.39 is 0 Å². The molecule has 7 heteroatoms. The van der Waals surface area contributed by atoms with Gasteiger partial charge in [-0.1, -0.05) is 18.7 Å². The zero-order chi connectivity index (χ0) is 17.8. The second-order valence-corrected chi connectivity index (χ2v) is 8.29. The largest absolute Gasteiger partial charge is 0.287 e. The Kier molecular flexibility index (Phi) is 5.78. The van der Waals surface area contributed by atoms with Crippen LogP contribution >= 0.6 is 23.1 Å². The molecular weight excluding hydrogens is 352 g/mol. The van der Waals surface area contributed by atoms with Crippen molar-refractivity contribution in [2.45, 2.75) is 57.1 Å². The van der Waals surface area contributed by atoms with E-state index in [-0.39, 0.29) is 11.5 Å². The van der Waals surface area contributed by atoms with Gasteiger partial charge >= 0.3 is 0 Å². The number of aromatic nitrogens is 2. The smallest absolute Gasteiger partial charge is 0.263 e. The predicted octanol–water partition coefficient (Wildman–Crippen LogP) is 3.89. The number of nitrogens with zero attached hydrogens (tertiary/aromatic N) is 4. The average molecular weight is 373 g/mol. The van der Waals surface area contributed by atoms with Gasteiger partial charge in [0.25, 0.3) is 5.56 Å². The fraction of sp³-hybridized carbons (Fsp3) is 0.556. The van der Waals surface area contributed by atoms with Crippen molar-refractivity contribution >= 4 is 33.3 Å². The lowest BCUT2D eigenvalue weighted by atomic mass is 10.1. The highest BCUT2D eigenvalue weighted by molar-refractivity contribution is 7.99. The van der Waals surface area contributed by atoms with Gasteiger partial charge in [-0.2, -0.15) is 10.5 Å². The molecule has 0 aliphatic heterocycles. The molecule has 0 bridgehead atoms. The fourth-order valence-corrected chi connectivity index (χ4v) is 5.58. The molecule has 0 saturated heterocycles. The summed E-state index contributed by atoms with van der Waals surface area (Å²) in [5.41, 5.74) is 1.28. The summed E-state index contributed by atoms with van der Waals surface area (Å²) in [5.74, 6) is 0.367. The molecule has 0 saturated carbocycles. The number of nitriles is 2. The molecular formula is C18H20N4OS2. The van der Waals surface area contributed by atoms with Gasteiger partial charge in [-0.3, -0.25) is 9.36 Å². The molecule has 0 aromatic carbocycles. The molecule has 25 heavy (non-hydrogen) atoms. The van der Waals surface area contributed by atoms with Gasteiger partial charge in [-0.15, -0.1) is 11.3 Å². The molecule has 0 spiro atoms. The third-order valence-electron chi connectivity index (χ3n) is 4.44. The predicted molar refractivity (Wildman–Crippen MR) is 101 cm³/mol. The number of thiophene rings is 1. The Morgan fingerprint density at radius 2 is 2.24 bits per heavy atom. The van der Waals surface area contributed by atoms with Crippen LogP contribution in [0.4, 0.5) is 0 Å². The molecule has 1 aliphatic rings. The van der Waals surface area contributed by atoms with Gasteiger partial charge < -0.3 is 0 Å². The summed E-state index contributed by atoms with van der Waals surface area (Å²) in [6, 6.07) is 4.35. The van der Waals surface area contributed by atoms with E-state index in [1.54, 1.807) is 15.9 Å². The SMILES string of the molecule is CCCn1c(SC[C@H](C#N)CCC#N)nc2sc3c(c2c1=O)CCC3. The summed E-state index contributed by atoms with van der Waals surface area (Å²) in [6.07, 6.45) is 4.97. The van der Waals surface area contributed by atoms with Gasteiger partial charge in [-0.25, -0.2) is 4.98 Å². The number of aryl methyl sites for hydroxylation is 2. The highest BCUT2D eigenvalue weighted by atomic mass is 32.2. The topological polar surface area (TPSA) is 82.5 Å². The third-order valence-corrected chi connectivity index (χ3v) is 6.76. The number of rotatable bonds is 7. The number of thioether (sulfide) groups is 1. The molecule has 1 atom stereocenters. The molecule has 1 aliphatic carbocycles. The van der Waals surface area contributed by atoms with E-state index in [1.807, 2.05) is 6.92 Å². The summed E-state index contributed by atoms with van der Waals surface area (Å²) in [7, 11) is 0. The van der Waals surface area contributed by atoms with E-state index >= 15 is 0 Å². The summed E-state index contributed by atoms with van der Waals surface area (Å²) in [4.78, 5) is 20.0. The Hall–Kier alpha value is -1.83. The second-order valence-electron chi connectivity index (χ2n) is 6.22. The summed E-state index contributed by atoms with van der Waals surface area (Å²) < 4.78 is 1.77. The lowest BCUT2D eigenvalue weighted by Gasteiger charge is -2.12. The van der Waals surface area contributed by atoms with E-state index in [2.05, 4.69) is 12.1 Å². The van der Waals surface area contributed by atoms with E-state index in [0.29, 0.717) is 30.3 Å². The van der Waals surface area contributed by atoms with Gasteiger partial charge in [0.15, 0.2) is 5.16 Å². The minimum Gasteiger partial charge on any atom is -0.287 e. The maximum absolute atomic E-state index is 13.1. The highest BCUT2D eigenvalue weighted by Crippen LogP contribution is 2.35. The third kappa shape index (κ3) is 3.58. The lowest BCUT2D eigenvalue weighted by Crippen LogP contribution is -2.23. The summed E-state index contributed by atoms with van der Waals surface area (Å²) in [6.45, 7) is 2.69. The van der Waals surface area contributed by atoms with Crippen LogP contribution in [0.25, 0.3) is 10.2 Å². The van der Waals surface area contributed by atoms with Gasteiger partial charge in [0, 0.05) is 23.6 Å². The Morgan fingerprint density at radius 3 is 2.96 bits per heavy atom. The first kappa shape index (κ1) is 18.0. The highest BCUT2D eigenvalue weighted by Gasteiger charge is 2.23. The molecule has 0 N–H and O–H groups in total. The van der Waals surface area contributed by atoms with Crippen molar-refractivity contribution < 1.29 is 0 Å². The van der Waals surface area contributed by atoms with Crippen molar-refractivity contribution in [2.75, 3.05) is 5.75 Å². The van der Waals surface area contributed by atoms with Crippen molar-refractivity contribution in [1.29, 1.82) is 10.5 Å². The Bertz CT molecular complexity index is 916. The summed E-state index contributed by atoms with van der Waals surface area (Å²) >= 11 is 3.12. The molecule has 0 unspecified atom stereocenters. The quantitative estimate of drug-likeness (QED) is 0.544. The minimum atomic E-state index is -0.194. The molecule has 0 fully saturated rings. The molecule has 0 amide bonds. The molecule has 2 aromatic heterocycles. The first-order valence-electron chi connectivity index (χ1n) is 8.64. The molecule has 5 nitrogen and oxygen atoms in total. The van der Waals surface area contributed by atoms with Gasteiger partial charge in [0.05, 0.1) is 23.4 Å². The Morgan fingerprint density at radius 1 is 1.40 bits per heavy atom. The van der Waals surface area contributed by atoms with Crippen LogP contribution in [0.5, 0.6) is 0 Å². The molecule has 3 rings (SSSR count). The van der Waals surface area contributed by atoms with Crippen LogP contribution in [-0.2, 0) is 19.4 Å². The van der Waals surface area contributed by atoms with E-state index in [1.165, 1.54) is 22.2 Å². The maximum atomic E-state index is 13.1. The fourth-order valence-electron chi connectivity index (χ4n) is 3.19. The first-order chi connectivity index (χ1) is 12.2. The van der Waals surface area contributed by atoms with Crippen LogP contribution in [-0.4, -0.2) is 15.3 Å². The average Bonchev–Trinajstić information content (AvgIpc) is 3.18. The Balaban J connectivity index is 1.94. The monoisotopic (exact) mass is 372 g/mol. The van der Waals surface area contributed by atoms with Gasteiger partial charge in [-0.05, 0) is 37.7 Å². The van der Waals surface area contributed by atoms with E-state index in [0.717, 1.165) is 35.9 Å². The van der Waals surface area contributed by atoms with E-state index in [9.17, 15) is 10.1 Å². The van der Waals surface area contributed by atoms with Crippen LogP contribution in [0.15, 0.2) is 9.95 Å².